The number of alkyl halides is 3. The first-order chi connectivity index (χ1) is 9.93. The minimum Gasteiger partial charge on any atom is -0.454 e. The van der Waals surface area contributed by atoms with Gasteiger partial charge in [0.05, 0.1) is 0 Å². The first kappa shape index (κ1) is 13.7. The Morgan fingerprint density at radius 1 is 1.29 bits per heavy atom. The van der Waals surface area contributed by atoms with E-state index in [0.29, 0.717) is 22.8 Å². The van der Waals surface area contributed by atoms with Crippen molar-refractivity contribution in [3.8, 4) is 11.5 Å². The Bertz CT molecular complexity index is 699. The second-order valence-electron chi connectivity index (χ2n) is 4.06. The van der Waals surface area contributed by atoms with E-state index in [2.05, 4.69) is 10.3 Å². The number of thiazole rings is 1. The number of carbonyl (C=O) groups excluding carboxylic acids is 1. The fourth-order valence-corrected chi connectivity index (χ4v) is 2.38. The van der Waals surface area contributed by atoms with Gasteiger partial charge in [-0.05, 0) is 18.2 Å². The highest BCUT2D eigenvalue weighted by atomic mass is 32.1. The molecule has 1 amide bonds. The van der Waals surface area contributed by atoms with E-state index in [1.165, 1.54) is 12.1 Å². The Balaban J connectivity index is 1.76. The number of ether oxygens (including phenoxy) is 2. The van der Waals surface area contributed by atoms with Gasteiger partial charge in [-0.2, -0.15) is 13.2 Å². The summed E-state index contributed by atoms with van der Waals surface area (Å²) in [6, 6.07) is 4.50. The van der Waals surface area contributed by atoms with E-state index in [1.54, 1.807) is 6.07 Å². The summed E-state index contributed by atoms with van der Waals surface area (Å²) in [6.07, 6.45) is -4.53. The van der Waals surface area contributed by atoms with Crippen molar-refractivity contribution in [2.24, 2.45) is 0 Å². The number of nitrogens with one attached hydrogen (secondary N) is 1. The predicted octanol–water partition coefficient (Wildman–Crippen LogP) is 3.14. The SMILES string of the molecule is O=C(Nc1nc(C(F)(F)F)cs1)c1ccc2c(c1)OCO2. The molecule has 0 saturated carbocycles. The molecule has 0 fully saturated rings. The Kier molecular flexibility index (Phi) is 3.20. The molecule has 0 saturated heterocycles. The number of halogens is 3. The molecule has 0 unspecified atom stereocenters. The quantitative estimate of drug-likeness (QED) is 0.924. The molecular weight excluding hydrogens is 309 g/mol. The fourth-order valence-electron chi connectivity index (χ4n) is 1.67. The Hall–Kier alpha value is -2.29. The Morgan fingerprint density at radius 3 is 2.76 bits per heavy atom. The van der Waals surface area contributed by atoms with Crippen LogP contribution in [0.25, 0.3) is 0 Å². The number of benzene rings is 1. The molecule has 0 atom stereocenters. The third-order valence-corrected chi connectivity index (χ3v) is 3.41. The van der Waals surface area contributed by atoms with Crippen LogP contribution in [0.2, 0.25) is 0 Å². The Morgan fingerprint density at radius 2 is 2.05 bits per heavy atom. The maximum atomic E-state index is 12.4. The zero-order valence-corrected chi connectivity index (χ0v) is 11.0. The third-order valence-electron chi connectivity index (χ3n) is 2.65. The van der Waals surface area contributed by atoms with Crippen LogP contribution in [0, 0.1) is 0 Å². The van der Waals surface area contributed by atoms with Crippen LogP contribution in [-0.4, -0.2) is 17.7 Å². The van der Waals surface area contributed by atoms with Gasteiger partial charge in [0.25, 0.3) is 5.91 Å². The van der Waals surface area contributed by atoms with E-state index in [0.717, 1.165) is 5.38 Å². The smallest absolute Gasteiger partial charge is 0.434 e. The molecule has 0 radical (unpaired) electrons. The van der Waals surface area contributed by atoms with Crippen LogP contribution >= 0.6 is 11.3 Å². The van der Waals surface area contributed by atoms with Gasteiger partial charge in [-0.1, -0.05) is 0 Å². The van der Waals surface area contributed by atoms with Gasteiger partial charge in [-0.3, -0.25) is 10.1 Å². The van der Waals surface area contributed by atoms with Gasteiger partial charge in [-0.25, -0.2) is 4.98 Å². The minimum atomic E-state index is -4.53. The second-order valence-corrected chi connectivity index (χ2v) is 4.92. The number of nitrogens with zero attached hydrogens (tertiary/aromatic N) is 1. The van der Waals surface area contributed by atoms with Crippen LogP contribution in [-0.2, 0) is 6.18 Å². The molecule has 1 aromatic carbocycles. The Labute approximate surface area is 120 Å². The summed E-state index contributed by atoms with van der Waals surface area (Å²) in [6.45, 7) is 0.0713. The van der Waals surface area contributed by atoms with Crippen LogP contribution < -0.4 is 14.8 Å². The lowest BCUT2D eigenvalue weighted by Gasteiger charge is -2.03. The first-order valence-electron chi connectivity index (χ1n) is 5.67. The molecule has 5 nitrogen and oxygen atoms in total. The van der Waals surface area contributed by atoms with Crippen molar-refractivity contribution in [3.05, 3.63) is 34.8 Å². The van der Waals surface area contributed by atoms with Gasteiger partial charge < -0.3 is 9.47 Å². The second kappa shape index (κ2) is 4.92. The highest BCUT2D eigenvalue weighted by Gasteiger charge is 2.34. The number of rotatable bonds is 2. The summed E-state index contributed by atoms with van der Waals surface area (Å²) in [4.78, 5) is 15.3. The van der Waals surface area contributed by atoms with Crippen molar-refractivity contribution < 1.29 is 27.4 Å². The lowest BCUT2D eigenvalue weighted by molar-refractivity contribution is -0.140. The van der Waals surface area contributed by atoms with Crippen molar-refractivity contribution in [1.82, 2.24) is 4.98 Å². The zero-order valence-electron chi connectivity index (χ0n) is 10.2. The van der Waals surface area contributed by atoms with E-state index < -0.39 is 17.8 Å². The number of amides is 1. The summed E-state index contributed by atoms with van der Waals surface area (Å²) in [5.74, 6) is 0.356. The fraction of sp³-hybridized carbons (Fsp3) is 0.167. The van der Waals surface area contributed by atoms with Crippen molar-refractivity contribution >= 4 is 22.4 Å². The predicted molar refractivity (Wildman–Crippen MR) is 67.6 cm³/mol. The number of aromatic nitrogens is 1. The van der Waals surface area contributed by atoms with Gasteiger partial charge in [0.2, 0.25) is 6.79 Å². The maximum absolute atomic E-state index is 12.4. The number of anilines is 1. The van der Waals surface area contributed by atoms with Crippen LogP contribution in [0.15, 0.2) is 23.6 Å². The molecule has 2 heterocycles. The van der Waals surface area contributed by atoms with E-state index in [-0.39, 0.29) is 17.5 Å². The molecular formula is C12H7F3N2O3S. The lowest BCUT2D eigenvalue weighted by Crippen LogP contribution is -2.12. The molecule has 1 aliphatic heterocycles. The summed E-state index contributed by atoms with van der Waals surface area (Å²) < 4.78 is 47.5. The molecule has 1 N–H and O–H groups in total. The van der Waals surface area contributed by atoms with Gasteiger partial charge in [-0.15, -0.1) is 11.3 Å². The molecule has 0 bridgehead atoms. The van der Waals surface area contributed by atoms with Crippen LogP contribution in [0.5, 0.6) is 11.5 Å². The zero-order chi connectivity index (χ0) is 15.0. The van der Waals surface area contributed by atoms with Crippen molar-refractivity contribution in [2.45, 2.75) is 6.18 Å². The molecule has 1 aromatic heterocycles. The average molecular weight is 316 g/mol. The molecule has 2 aromatic rings. The number of fused-ring (bicyclic) bond motifs is 1. The maximum Gasteiger partial charge on any atom is 0.434 e. The van der Waals surface area contributed by atoms with Gasteiger partial charge in [0.15, 0.2) is 22.3 Å². The monoisotopic (exact) mass is 316 g/mol. The summed E-state index contributed by atoms with van der Waals surface area (Å²) in [5, 5.41) is 3.04. The normalized spacial score (nSPS) is 13.3. The first-order valence-corrected chi connectivity index (χ1v) is 6.55. The topological polar surface area (TPSA) is 60.5 Å². The van der Waals surface area contributed by atoms with E-state index >= 15 is 0 Å². The number of hydrogen-bond donors (Lipinski definition) is 1. The third kappa shape index (κ3) is 2.77. The highest BCUT2D eigenvalue weighted by molar-refractivity contribution is 7.14. The van der Waals surface area contributed by atoms with Crippen molar-refractivity contribution in [3.63, 3.8) is 0 Å². The average Bonchev–Trinajstić information content (AvgIpc) is 3.04. The standard InChI is InChI=1S/C12H7F3N2O3S/c13-12(14,15)9-4-21-11(16-9)17-10(18)6-1-2-7-8(3-6)20-5-19-7/h1-4H,5H2,(H,16,17,18). The molecule has 9 heteroatoms. The molecule has 110 valence electrons. The van der Waals surface area contributed by atoms with Gasteiger partial charge in [0, 0.05) is 10.9 Å². The van der Waals surface area contributed by atoms with E-state index in [4.69, 9.17) is 9.47 Å². The molecule has 3 rings (SSSR count). The lowest BCUT2D eigenvalue weighted by atomic mass is 10.2. The molecule has 0 aliphatic carbocycles. The summed E-state index contributed by atoms with van der Waals surface area (Å²) in [5.41, 5.74) is -0.795. The molecule has 1 aliphatic rings. The molecule has 21 heavy (non-hydrogen) atoms. The number of hydrogen-bond acceptors (Lipinski definition) is 5. The molecule has 0 spiro atoms. The van der Waals surface area contributed by atoms with E-state index in [9.17, 15) is 18.0 Å². The van der Waals surface area contributed by atoms with Crippen LogP contribution in [0.3, 0.4) is 0 Å². The van der Waals surface area contributed by atoms with Crippen molar-refractivity contribution in [2.75, 3.05) is 12.1 Å². The van der Waals surface area contributed by atoms with E-state index in [1.807, 2.05) is 0 Å². The van der Waals surface area contributed by atoms with Gasteiger partial charge in [0.1, 0.15) is 0 Å². The number of carbonyl (C=O) groups is 1. The largest absolute Gasteiger partial charge is 0.454 e. The van der Waals surface area contributed by atoms with Crippen LogP contribution in [0.1, 0.15) is 16.1 Å². The highest BCUT2D eigenvalue weighted by Crippen LogP contribution is 2.34. The summed E-state index contributed by atoms with van der Waals surface area (Å²) in [7, 11) is 0. The van der Waals surface area contributed by atoms with Crippen LogP contribution in [0.4, 0.5) is 18.3 Å². The van der Waals surface area contributed by atoms with Crippen molar-refractivity contribution in [1.29, 1.82) is 0 Å². The minimum absolute atomic E-state index is 0.0713. The van der Waals surface area contributed by atoms with Gasteiger partial charge >= 0.3 is 6.18 Å². The summed E-state index contributed by atoms with van der Waals surface area (Å²) >= 11 is 0.706.